The maximum Gasteiger partial charge on any atom is 0.246 e. The third kappa shape index (κ3) is 4.26. The Hall–Kier alpha value is -1.54. The largest absolute Gasteiger partial charge is 0.344 e. The minimum atomic E-state index is -0.330. The topological polar surface area (TPSA) is 52.7 Å². The second kappa shape index (κ2) is 7.83. The smallest absolute Gasteiger partial charge is 0.246 e. The van der Waals surface area contributed by atoms with Crippen LogP contribution < -0.4 is 5.32 Å². The minimum Gasteiger partial charge on any atom is -0.344 e. The molecule has 0 aromatic carbocycles. The van der Waals surface area contributed by atoms with Crippen molar-refractivity contribution in [2.45, 2.75) is 51.0 Å². The van der Waals surface area contributed by atoms with Crippen molar-refractivity contribution >= 4 is 11.8 Å². The molecule has 5 heteroatoms. The summed E-state index contributed by atoms with van der Waals surface area (Å²) in [5, 5.41) is 2.95. The lowest BCUT2D eigenvalue weighted by molar-refractivity contribution is -0.133. The highest BCUT2D eigenvalue weighted by molar-refractivity contribution is 5.90. The first kappa shape index (κ1) is 16.3. The van der Waals surface area contributed by atoms with E-state index in [4.69, 9.17) is 0 Å². The number of likely N-dealkylation sites (tertiary alicyclic amines) is 2. The maximum absolute atomic E-state index is 12.3. The molecule has 23 heavy (non-hydrogen) atoms. The van der Waals surface area contributed by atoms with E-state index in [-0.39, 0.29) is 23.8 Å². The lowest BCUT2D eigenvalue weighted by Crippen LogP contribution is -2.43. The van der Waals surface area contributed by atoms with Gasteiger partial charge < -0.3 is 10.2 Å². The fraction of sp³-hybridized carbons (Fsp3) is 0.778. The minimum absolute atomic E-state index is 0.0341. The van der Waals surface area contributed by atoms with Gasteiger partial charge in [-0.1, -0.05) is 24.7 Å². The molecular weight excluding hydrogens is 290 g/mol. The van der Waals surface area contributed by atoms with Crippen LogP contribution in [0.15, 0.2) is 0 Å². The van der Waals surface area contributed by atoms with Crippen LogP contribution in [0.25, 0.3) is 0 Å². The van der Waals surface area contributed by atoms with E-state index in [0.717, 1.165) is 45.3 Å². The van der Waals surface area contributed by atoms with E-state index >= 15 is 0 Å². The molecule has 3 rings (SSSR count). The fourth-order valence-corrected chi connectivity index (χ4v) is 3.77. The van der Waals surface area contributed by atoms with Crippen LogP contribution in [0.5, 0.6) is 0 Å². The van der Waals surface area contributed by atoms with Crippen LogP contribution in [0.3, 0.4) is 0 Å². The Balaban J connectivity index is 1.41. The van der Waals surface area contributed by atoms with Gasteiger partial charge in [0, 0.05) is 12.5 Å². The summed E-state index contributed by atoms with van der Waals surface area (Å²) in [6.45, 7) is 4.29. The van der Waals surface area contributed by atoms with Gasteiger partial charge in [0.15, 0.2) is 0 Å². The molecule has 1 atom stereocenters. The van der Waals surface area contributed by atoms with Crippen LogP contribution in [0.2, 0.25) is 0 Å². The highest BCUT2D eigenvalue weighted by atomic mass is 16.2. The summed E-state index contributed by atoms with van der Waals surface area (Å²) in [6.07, 6.45) is 7.47. The average Bonchev–Trinajstić information content (AvgIpc) is 3.28. The Labute approximate surface area is 138 Å². The zero-order valence-electron chi connectivity index (χ0n) is 13.9. The van der Waals surface area contributed by atoms with Crippen LogP contribution in [0.1, 0.15) is 44.9 Å². The number of nitrogens with zero attached hydrogens (tertiary/aromatic N) is 2. The van der Waals surface area contributed by atoms with Gasteiger partial charge in [-0.2, -0.15) is 0 Å². The van der Waals surface area contributed by atoms with Crippen molar-refractivity contribution in [3.63, 3.8) is 0 Å². The number of hydrogen-bond acceptors (Lipinski definition) is 3. The lowest BCUT2D eigenvalue weighted by atomic mass is 10.1. The molecule has 5 nitrogen and oxygen atoms in total. The van der Waals surface area contributed by atoms with Crippen molar-refractivity contribution in [1.82, 2.24) is 15.1 Å². The summed E-state index contributed by atoms with van der Waals surface area (Å²) in [6, 6.07) is -0.330. The summed E-state index contributed by atoms with van der Waals surface area (Å²) >= 11 is 0. The molecule has 0 aromatic rings. The van der Waals surface area contributed by atoms with Crippen molar-refractivity contribution in [3.05, 3.63) is 0 Å². The molecule has 3 fully saturated rings. The molecule has 2 heterocycles. The van der Waals surface area contributed by atoms with Crippen molar-refractivity contribution < 1.29 is 9.59 Å². The second-order valence-corrected chi connectivity index (χ2v) is 6.93. The van der Waals surface area contributed by atoms with E-state index in [1.54, 1.807) is 4.90 Å². The molecule has 0 spiro atoms. The lowest BCUT2D eigenvalue weighted by Gasteiger charge is -2.16. The summed E-state index contributed by atoms with van der Waals surface area (Å²) < 4.78 is 0. The predicted octanol–water partition coefficient (Wildman–Crippen LogP) is 0.993. The van der Waals surface area contributed by atoms with E-state index in [2.05, 4.69) is 22.1 Å². The van der Waals surface area contributed by atoms with E-state index in [0.29, 0.717) is 19.5 Å². The first-order valence-electron chi connectivity index (χ1n) is 9.01. The molecule has 0 aromatic heterocycles. The van der Waals surface area contributed by atoms with Crippen molar-refractivity contribution in [1.29, 1.82) is 0 Å². The molecular formula is C18H27N3O2. The standard InChI is InChI=1S/C18H27N3O2/c22-17(15-7-1-2-8-15)19-16-9-14-21(18(16)23)13-6-5-12-20-10-3-4-11-20/h15-16H,1-4,7-14H2,(H,19,22)/t16-/m1/s1. The Morgan fingerprint density at radius 2 is 1.70 bits per heavy atom. The third-order valence-corrected chi connectivity index (χ3v) is 5.24. The SMILES string of the molecule is O=C(N[C@@H]1CCN(CC#CCN2CCCC2)C1=O)C1CCCC1. The zero-order valence-corrected chi connectivity index (χ0v) is 13.9. The van der Waals surface area contributed by atoms with Gasteiger partial charge in [0.25, 0.3) is 0 Å². The molecule has 126 valence electrons. The predicted molar refractivity (Wildman–Crippen MR) is 88.5 cm³/mol. The number of carbonyl (C=O) groups is 2. The molecule has 1 saturated carbocycles. The van der Waals surface area contributed by atoms with Gasteiger partial charge in [-0.15, -0.1) is 0 Å². The van der Waals surface area contributed by atoms with Crippen LogP contribution in [0, 0.1) is 17.8 Å². The number of amides is 2. The third-order valence-electron chi connectivity index (χ3n) is 5.24. The second-order valence-electron chi connectivity index (χ2n) is 6.93. The monoisotopic (exact) mass is 317 g/mol. The van der Waals surface area contributed by atoms with Gasteiger partial charge in [-0.3, -0.25) is 14.5 Å². The summed E-state index contributed by atoms with van der Waals surface area (Å²) in [7, 11) is 0. The van der Waals surface area contributed by atoms with Crippen LogP contribution in [-0.2, 0) is 9.59 Å². The number of rotatable bonds is 4. The number of carbonyl (C=O) groups excluding carboxylic acids is 2. The Bertz CT molecular complexity index is 496. The highest BCUT2D eigenvalue weighted by Gasteiger charge is 2.34. The average molecular weight is 317 g/mol. The van der Waals surface area contributed by atoms with Gasteiger partial charge in [0.1, 0.15) is 6.04 Å². The Morgan fingerprint density at radius 3 is 2.43 bits per heavy atom. The van der Waals surface area contributed by atoms with Crippen LogP contribution >= 0.6 is 0 Å². The molecule has 3 aliphatic rings. The number of hydrogen-bond donors (Lipinski definition) is 1. The Morgan fingerprint density at radius 1 is 1.00 bits per heavy atom. The van der Waals surface area contributed by atoms with Crippen molar-refractivity contribution in [3.8, 4) is 11.8 Å². The molecule has 1 N–H and O–H groups in total. The maximum atomic E-state index is 12.3. The summed E-state index contributed by atoms with van der Waals surface area (Å²) in [5.41, 5.74) is 0. The number of nitrogens with one attached hydrogen (secondary N) is 1. The highest BCUT2D eigenvalue weighted by Crippen LogP contribution is 2.25. The summed E-state index contributed by atoms with van der Waals surface area (Å²) in [5.74, 6) is 6.51. The van der Waals surface area contributed by atoms with Crippen molar-refractivity contribution in [2.24, 2.45) is 5.92 Å². The fourth-order valence-electron chi connectivity index (χ4n) is 3.77. The van der Waals surface area contributed by atoms with Crippen LogP contribution in [0.4, 0.5) is 0 Å². The first-order chi connectivity index (χ1) is 11.2. The van der Waals surface area contributed by atoms with Crippen molar-refractivity contribution in [2.75, 3.05) is 32.7 Å². The van der Waals surface area contributed by atoms with E-state index in [1.807, 2.05) is 0 Å². The molecule has 2 amide bonds. The Kier molecular flexibility index (Phi) is 5.56. The quantitative estimate of drug-likeness (QED) is 0.787. The van der Waals surface area contributed by atoms with E-state index in [1.165, 1.54) is 12.8 Å². The molecule has 2 saturated heterocycles. The first-order valence-corrected chi connectivity index (χ1v) is 9.01. The summed E-state index contributed by atoms with van der Waals surface area (Å²) in [4.78, 5) is 28.6. The molecule has 0 radical (unpaired) electrons. The van der Waals surface area contributed by atoms with Gasteiger partial charge in [-0.05, 0) is 45.2 Å². The van der Waals surface area contributed by atoms with E-state index < -0.39 is 0 Å². The molecule has 0 unspecified atom stereocenters. The van der Waals surface area contributed by atoms with Crippen LogP contribution in [-0.4, -0.2) is 60.4 Å². The normalized spacial score (nSPS) is 25.7. The van der Waals surface area contributed by atoms with Gasteiger partial charge >= 0.3 is 0 Å². The molecule has 2 aliphatic heterocycles. The van der Waals surface area contributed by atoms with Gasteiger partial charge in [0.2, 0.25) is 11.8 Å². The van der Waals surface area contributed by atoms with Gasteiger partial charge in [0.05, 0.1) is 13.1 Å². The molecule has 1 aliphatic carbocycles. The zero-order chi connectivity index (χ0) is 16.1. The molecule has 0 bridgehead atoms. The van der Waals surface area contributed by atoms with E-state index in [9.17, 15) is 9.59 Å². The van der Waals surface area contributed by atoms with Gasteiger partial charge in [-0.25, -0.2) is 0 Å².